The van der Waals surface area contributed by atoms with Crippen LogP contribution in [0.25, 0.3) is 0 Å². The number of aromatic carboxylic acids is 2. The van der Waals surface area contributed by atoms with Crippen LogP contribution in [0.5, 0.6) is 0 Å². The minimum Gasteiger partial charge on any atom is -0.478 e. The number of carbonyl (C=O) groups is 2. The maximum Gasteiger partial charge on any atom is 0.335 e. The van der Waals surface area contributed by atoms with Crippen LogP contribution in [0.4, 0.5) is 0 Å². The fourth-order valence-corrected chi connectivity index (χ4v) is 2.22. The van der Waals surface area contributed by atoms with Crippen LogP contribution in [0, 0.1) is 0 Å². The highest BCUT2D eigenvalue weighted by molar-refractivity contribution is 9.08. The highest BCUT2D eigenvalue weighted by Gasteiger charge is 2.00. The predicted octanol–water partition coefficient (Wildman–Crippen LogP) is 4.56. The number of halogens is 2. The molecular weight excluding hydrogens is 416 g/mol. The Morgan fingerprint density at radius 2 is 0.955 bits per heavy atom. The fraction of sp³-hybridized carbons (Fsp3) is 0.125. The van der Waals surface area contributed by atoms with E-state index in [4.69, 9.17) is 10.2 Å². The molecule has 2 aromatic rings. The maximum atomic E-state index is 10.4. The van der Waals surface area contributed by atoms with E-state index >= 15 is 0 Å². The summed E-state index contributed by atoms with van der Waals surface area (Å²) >= 11 is 6.54. The van der Waals surface area contributed by atoms with Gasteiger partial charge in [-0.2, -0.15) is 0 Å². The minimum atomic E-state index is -0.883. The quantitative estimate of drug-likeness (QED) is 0.698. The van der Waals surface area contributed by atoms with E-state index in [2.05, 4.69) is 31.9 Å². The largest absolute Gasteiger partial charge is 0.478 e. The first kappa shape index (κ1) is 18.4. The lowest BCUT2D eigenvalue weighted by Crippen LogP contribution is -1.95. The first-order chi connectivity index (χ1) is 10.5. The monoisotopic (exact) mass is 428 g/mol. The van der Waals surface area contributed by atoms with Gasteiger partial charge >= 0.3 is 11.9 Å². The smallest absolute Gasteiger partial charge is 0.335 e. The van der Waals surface area contributed by atoms with Gasteiger partial charge in [0.15, 0.2) is 0 Å². The van der Waals surface area contributed by atoms with Gasteiger partial charge in [-0.25, -0.2) is 9.59 Å². The van der Waals surface area contributed by atoms with Gasteiger partial charge < -0.3 is 10.2 Å². The number of carboxylic acid groups (broad SMARTS) is 2. The lowest BCUT2D eigenvalue weighted by Gasteiger charge is -1.95. The number of carboxylic acids is 2. The Labute approximate surface area is 145 Å². The maximum absolute atomic E-state index is 10.4. The van der Waals surface area contributed by atoms with E-state index in [0.717, 1.165) is 21.8 Å². The lowest BCUT2D eigenvalue weighted by molar-refractivity contribution is 0.0686. The normalized spacial score (nSPS) is 9.55. The molecule has 0 aliphatic heterocycles. The average molecular weight is 430 g/mol. The minimum absolute atomic E-state index is 0.328. The molecule has 0 saturated carbocycles. The molecule has 0 radical (unpaired) electrons. The molecule has 0 bridgehead atoms. The third kappa shape index (κ3) is 5.99. The van der Waals surface area contributed by atoms with Crippen molar-refractivity contribution in [3.8, 4) is 0 Å². The summed E-state index contributed by atoms with van der Waals surface area (Å²) in [5, 5.41) is 18.6. The summed E-state index contributed by atoms with van der Waals surface area (Å²) in [6.45, 7) is 0. The molecule has 2 N–H and O–H groups in total. The number of rotatable bonds is 4. The van der Waals surface area contributed by atoms with Crippen LogP contribution in [-0.2, 0) is 10.7 Å². The molecule has 0 spiro atoms. The van der Waals surface area contributed by atoms with Crippen LogP contribution in [0.15, 0.2) is 48.5 Å². The van der Waals surface area contributed by atoms with Gasteiger partial charge in [-0.1, -0.05) is 56.1 Å². The highest BCUT2D eigenvalue weighted by Crippen LogP contribution is 2.08. The Morgan fingerprint density at radius 3 is 1.14 bits per heavy atom. The van der Waals surface area contributed by atoms with Crippen molar-refractivity contribution in [2.45, 2.75) is 10.7 Å². The molecule has 4 nitrogen and oxygen atoms in total. The standard InChI is InChI=1S/2C8H7BrO2/c2*9-5-6-1-3-7(4-2-6)8(10)11/h2*1-4H,5H2,(H,10,11). The first-order valence-corrected chi connectivity index (χ1v) is 8.48. The SMILES string of the molecule is O=C(O)c1ccc(CBr)cc1.O=C(O)c1ccc(CBr)cc1. The second kappa shape index (κ2) is 9.38. The van der Waals surface area contributed by atoms with Gasteiger partial charge in [0.05, 0.1) is 11.1 Å². The van der Waals surface area contributed by atoms with Crippen molar-refractivity contribution in [1.29, 1.82) is 0 Å². The zero-order valence-electron chi connectivity index (χ0n) is 11.5. The summed E-state index contributed by atoms with van der Waals surface area (Å²) in [7, 11) is 0. The van der Waals surface area contributed by atoms with E-state index in [1.807, 2.05) is 0 Å². The van der Waals surface area contributed by atoms with E-state index in [1.54, 1.807) is 48.5 Å². The van der Waals surface area contributed by atoms with Gasteiger partial charge in [0.2, 0.25) is 0 Å². The Kier molecular flexibility index (Phi) is 7.84. The van der Waals surface area contributed by atoms with Gasteiger partial charge in [0.1, 0.15) is 0 Å². The predicted molar refractivity (Wildman–Crippen MR) is 92.1 cm³/mol. The molecule has 0 aromatic heterocycles. The molecule has 0 aliphatic carbocycles. The third-order valence-corrected chi connectivity index (χ3v) is 4.01. The van der Waals surface area contributed by atoms with E-state index in [-0.39, 0.29) is 0 Å². The van der Waals surface area contributed by atoms with Crippen LogP contribution in [0.3, 0.4) is 0 Å². The molecule has 0 unspecified atom stereocenters. The number of hydrogen-bond donors (Lipinski definition) is 2. The molecule has 2 rings (SSSR count). The Morgan fingerprint density at radius 1 is 0.682 bits per heavy atom. The topological polar surface area (TPSA) is 74.6 Å². The molecule has 116 valence electrons. The molecule has 0 fully saturated rings. The molecule has 0 atom stereocenters. The number of benzene rings is 2. The summed E-state index contributed by atoms with van der Waals surface area (Å²) in [5.41, 5.74) is 2.81. The third-order valence-electron chi connectivity index (χ3n) is 2.71. The molecule has 6 heteroatoms. The molecule has 0 aliphatic rings. The second-order valence-electron chi connectivity index (χ2n) is 4.27. The van der Waals surface area contributed by atoms with Crippen molar-refractivity contribution >= 4 is 43.8 Å². The van der Waals surface area contributed by atoms with Gasteiger partial charge in [-0.15, -0.1) is 0 Å². The second-order valence-corrected chi connectivity index (χ2v) is 5.39. The van der Waals surface area contributed by atoms with Crippen LogP contribution < -0.4 is 0 Å². The van der Waals surface area contributed by atoms with Gasteiger partial charge in [0, 0.05) is 10.7 Å². The zero-order valence-corrected chi connectivity index (χ0v) is 14.7. The molecular formula is C16H14Br2O4. The lowest BCUT2D eigenvalue weighted by atomic mass is 10.2. The average Bonchev–Trinajstić information content (AvgIpc) is 2.55. The molecule has 0 saturated heterocycles. The van der Waals surface area contributed by atoms with Crippen molar-refractivity contribution in [3.63, 3.8) is 0 Å². The summed E-state index contributed by atoms with van der Waals surface area (Å²) < 4.78 is 0. The van der Waals surface area contributed by atoms with Crippen LogP contribution >= 0.6 is 31.9 Å². The van der Waals surface area contributed by atoms with Crippen molar-refractivity contribution in [2.24, 2.45) is 0 Å². The Bertz CT molecular complexity index is 564. The van der Waals surface area contributed by atoms with Crippen LogP contribution in [-0.4, -0.2) is 22.2 Å². The highest BCUT2D eigenvalue weighted by atomic mass is 79.9. The van der Waals surface area contributed by atoms with Gasteiger partial charge in [-0.05, 0) is 35.4 Å². The van der Waals surface area contributed by atoms with Crippen LogP contribution in [0.1, 0.15) is 31.8 Å². The summed E-state index contributed by atoms with van der Waals surface area (Å²) in [6, 6.07) is 13.5. The Hall–Kier alpha value is -1.66. The van der Waals surface area contributed by atoms with E-state index in [1.165, 1.54) is 0 Å². The van der Waals surface area contributed by atoms with Gasteiger partial charge in [-0.3, -0.25) is 0 Å². The molecule has 0 heterocycles. The van der Waals surface area contributed by atoms with E-state index < -0.39 is 11.9 Å². The van der Waals surface area contributed by atoms with Crippen molar-refractivity contribution in [1.82, 2.24) is 0 Å². The van der Waals surface area contributed by atoms with Gasteiger partial charge in [0.25, 0.3) is 0 Å². The summed E-state index contributed by atoms with van der Waals surface area (Å²) in [5.74, 6) is -1.77. The van der Waals surface area contributed by atoms with Crippen molar-refractivity contribution in [3.05, 3.63) is 70.8 Å². The molecule has 0 amide bonds. The number of hydrogen-bond acceptors (Lipinski definition) is 2. The zero-order chi connectivity index (χ0) is 16.5. The fourth-order valence-electron chi connectivity index (χ4n) is 1.47. The molecule has 2 aromatic carbocycles. The van der Waals surface area contributed by atoms with Crippen LogP contribution in [0.2, 0.25) is 0 Å². The molecule has 22 heavy (non-hydrogen) atoms. The van der Waals surface area contributed by atoms with E-state index in [0.29, 0.717) is 11.1 Å². The summed E-state index contributed by atoms with van der Waals surface area (Å²) in [4.78, 5) is 20.8. The van der Waals surface area contributed by atoms with Crippen molar-refractivity contribution in [2.75, 3.05) is 0 Å². The number of alkyl halides is 2. The Balaban J connectivity index is 0.000000220. The van der Waals surface area contributed by atoms with Crippen molar-refractivity contribution < 1.29 is 19.8 Å². The van der Waals surface area contributed by atoms with E-state index in [9.17, 15) is 9.59 Å². The first-order valence-electron chi connectivity index (χ1n) is 6.24. The summed E-state index contributed by atoms with van der Waals surface area (Å²) in [6.07, 6.45) is 0.